The Labute approximate surface area is 96.9 Å². The van der Waals surface area contributed by atoms with Gasteiger partial charge < -0.3 is 5.73 Å². The zero-order chi connectivity index (χ0) is 11.4. The molecule has 0 unspecified atom stereocenters. The Morgan fingerprint density at radius 2 is 1.56 bits per heavy atom. The first-order chi connectivity index (χ1) is 7.83. The van der Waals surface area contributed by atoms with Crippen molar-refractivity contribution in [3.63, 3.8) is 0 Å². The van der Waals surface area contributed by atoms with Crippen LogP contribution in [0.1, 0.15) is 22.6 Å². The topological polar surface area (TPSA) is 26.0 Å². The molecular formula is C15H17N. The van der Waals surface area contributed by atoms with Crippen molar-refractivity contribution in [3.05, 3.63) is 71.3 Å². The molecule has 0 heterocycles. The van der Waals surface area contributed by atoms with E-state index in [0.29, 0.717) is 12.5 Å². The SMILES string of the molecule is Cc1ccccc1[C@H](CN)c1ccccc1. The summed E-state index contributed by atoms with van der Waals surface area (Å²) >= 11 is 0. The largest absolute Gasteiger partial charge is 0.330 e. The van der Waals surface area contributed by atoms with E-state index < -0.39 is 0 Å². The van der Waals surface area contributed by atoms with Gasteiger partial charge in [0.15, 0.2) is 0 Å². The summed E-state index contributed by atoms with van der Waals surface area (Å²) in [6, 6.07) is 18.9. The summed E-state index contributed by atoms with van der Waals surface area (Å²) in [5.41, 5.74) is 9.83. The molecule has 2 aromatic carbocycles. The average Bonchev–Trinajstić information content (AvgIpc) is 2.34. The zero-order valence-electron chi connectivity index (χ0n) is 9.56. The fourth-order valence-corrected chi connectivity index (χ4v) is 2.11. The summed E-state index contributed by atoms with van der Waals surface area (Å²) in [4.78, 5) is 0. The third kappa shape index (κ3) is 2.15. The number of aryl methyl sites for hydroxylation is 1. The molecule has 2 aromatic rings. The zero-order valence-corrected chi connectivity index (χ0v) is 9.56. The minimum Gasteiger partial charge on any atom is -0.330 e. The molecule has 0 radical (unpaired) electrons. The summed E-state index contributed by atoms with van der Waals surface area (Å²) in [6.45, 7) is 2.79. The van der Waals surface area contributed by atoms with Crippen LogP contribution >= 0.6 is 0 Å². The van der Waals surface area contributed by atoms with E-state index in [9.17, 15) is 0 Å². The molecule has 0 saturated carbocycles. The second-order valence-corrected chi connectivity index (χ2v) is 4.06. The molecule has 2 N–H and O–H groups in total. The molecule has 0 aliphatic heterocycles. The highest BCUT2D eigenvalue weighted by Gasteiger charge is 2.13. The Kier molecular flexibility index (Phi) is 3.37. The number of hydrogen-bond donors (Lipinski definition) is 1. The monoisotopic (exact) mass is 211 g/mol. The second kappa shape index (κ2) is 4.95. The Morgan fingerprint density at radius 3 is 2.19 bits per heavy atom. The van der Waals surface area contributed by atoms with Crippen molar-refractivity contribution in [2.24, 2.45) is 5.73 Å². The molecule has 1 heteroatoms. The van der Waals surface area contributed by atoms with Crippen LogP contribution in [0.2, 0.25) is 0 Å². The molecule has 1 atom stereocenters. The quantitative estimate of drug-likeness (QED) is 0.829. The molecule has 2 rings (SSSR count). The van der Waals surface area contributed by atoms with E-state index in [0.717, 1.165) is 0 Å². The number of benzene rings is 2. The third-order valence-electron chi connectivity index (χ3n) is 3.00. The fourth-order valence-electron chi connectivity index (χ4n) is 2.11. The molecule has 0 amide bonds. The van der Waals surface area contributed by atoms with Gasteiger partial charge in [-0.15, -0.1) is 0 Å². The van der Waals surface area contributed by atoms with Crippen molar-refractivity contribution in [1.82, 2.24) is 0 Å². The number of rotatable bonds is 3. The lowest BCUT2D eigenvalue weighted by molar-refractivity contribution is 0.812. The van der Waals surface area contributed by atoms with E-state index in [4.69, 9.17) is 5.73 Å². The van der Waals surface area contributed by atoms with Crippen LogP contribution in [-0.4, -0.2) is 6.54 Å². The Bertz CT molecular complexity index is 448. The predicted octanol–water partition coefficient (Wildman–Crippen LogP) is 3.09. The Morgan fingerprint density at radius 1 is 0.938 bits per heavy atom. The van der Waals surface area contributed by atoms with Crippen LogP contribution in [0.4, 0.5) is 0 Å². The number of nitrogens with two attached hydrogens (primary N) is 1. The maximum absolute atomic E-state index is 5.91. The highest BCUT2D eigenvalue weighted by atomic mass is 14.5. The first kappa shape index (κ1) is 10.9. The smallest absolute Gasteiger partial charge is 0.0215 e. The van der Waals surface area contributed by atoms with Gasteiger partial charge in [0.1, 0.15) is 0 Å². The predicted molar refractivity (Wildman–Crippen MR) is 68.5 cm³/mol. The lowest BCUT2D eigenvalue weighted by Crippen LogP contribution is -2.14. The van der Waals surface area contributed by atoms with E-state index in [-0.39, 0.29) is 0 Å². The Balaban J connectivity index is 2.41. The molecule has 0 bridgehead atoms. The minimum atomic E-state index is 0.308. The van der Waals surface area contributed by atoms with E-state index >= 15 is 0 Å². The highest BCUT2D eigenvalue weighted by Crippen LogP contribution is 2.25. The van der Waals surface area contributed by atoms with Gasteiger partial charge in [0, 0.05) is 12.5 Å². The maximum atomic E-state index is 5.91. The van der Waals surface area contributed by atoms with Gasteiger partial charge in [-0.1, -0.05) is 54.6 Å². The van der Waals surface area contributed by atoms with Crippen molar-refractivity contribution >= 4 is 0 Å². The second-order valence-electron chi connectivity index (χ2n) is 4.06. The van der Waals surface area contributed by atoms with Crippen LogP contribution in [0, 0.1) is 6.92 Å². The Hall–Kier alpha value is -1.60. The molecule has 0 fully saturated rings. The van der Waals surface area contributed by atoms with Crippen LogP contribution in [0.15, 0.2) is 54.6 Å². The van der Waals surface area contributed by atoms with Crippen LogP contribution in [0.5, 0.6) is 0 Å². The van der Waals surface area contributed by atoms with Crippen molar-refractivity contribution in [2.75, 3.05) is 6.54 Å². The van der Waals surface area contributed by atoms with Gasteiger partial charge in [0.25, 0.3) is 0 Å². The van der Waals surface area contributed by atoms with Crippen LogP contribution in [-0.2, 0) is 0 Å². The van der Waals surface area contributed by atoms with Crippen LogP contribution in [0.25, 0.3) is 0 Å². The van der Waals surface area contributed by atoms with Crippen LogP contribution < -0.4 is 5.73 Å². The third-order valence-corrected chi connectivity index (χ3v) is 3.00. The molecular weight excluding hydrogens is 194 g/mol. The summed E-state index contributed by atoms with van der Waals surface area (Å²) in [7, 11) is 0. The first-order valence-electron chi connectivity index (χ1n) is 5.63. The minimum absolute atomic E-state index is 0.308. The van der Waals surface area contributed by atoms with Crippen LogP contribution in [0.3, 0.4) is 0 Å². The summed E-state index contributed by atoms with van der Waals surface area (Å²) in [5.74, 6) is 0.308. The van der Waals surface area contributed by atoms with E-state index in [2.05, 4.69) is 55.5 Å². The number of hydrogen-bond acceptors (Lipinski definition) is 1. The lowest BCUT2D eigenvalue weighted by Gasteiger charge is -2.17. The lowest BCUT2D eigenvalue weighted by atomic mass is 9.89. The molecule has 0 aliphatic carbocycles. The van der Waals surface area contributed by atoms with Gasteiger partial charge >= 0.3 is 0 Å². The summed E-state index contributed by atoms with van der Waals surface area (Å²) in [6.07, 6.45) is 0. The molecule has 82 valence electrons. The van der Waals surface area contributed by atoms with E-state index in [1.54, 1.807) is 0 Å². The van der Waals surface area contributed by atoms with Gasteiger partial charge in [0.2, 0.25) is 0 Å². The average molecular weight is 211 g/mol. The summed E-state index contributed by atoms with van der Waals surface area (Å²) < 4.78 is 0. The molecule has 0 aliphatic rings. The van der Waals surface area contributed by atoms with E-state index in [1.165, 1.54) is 16.7 Å². The highest BCUT2D eigenvalue weighted by molar-refractivity contribution is 5.37. The van der Waals surface area contributed by atoms with Crippen molar-refractivity contribution in [1.29, 1.82) is 0 Å². The van der Waals surface area contributed by atoms with Gasteiger partial charge in [-0.2, -0.15) is 0 Å². The van der Waals surface area contributed by atoms with Crippen molar-refractivity contribution in [2.45, 2.75) is 12.8 Å². The normalized spacial score (nSPS) is 12.4. The molecule has 16 heavy (non-hydrogen) atoms. The van der Waals surface area contributed by atoms with Gasteiger partial charge in [-0.3, -0.25) is 0 Å². The standard InChI is InChI=1S/C15H17N/c1-12-7-5-6-10-14(12)15(11-16)13-8-3-2-4-9-13/h2-10,15H,11,16H2,1H3/t15-/m1/s1. The fraction of sp³-hybridized carbons (Fsp3) is 0.200. The van der Waals surface area contributed by atoms with Gasteiger partial charge in [0.05, 0.1) is 0 Å². The maximum Gasteiger partial charge on any atom is 0.0215 e. The molecule has 0 saturated heterocycles. The molecule has 0 aromatic heterocycles. The van der Waals surface area contributed by atoms with Crippen molar-refractivity contribution in [3.8, 4) is 0 Å². The molecule has 1 nitrogen and oxygen atoms in total. The van der Waals surface area contributed by atoms with Crippen molar-refractivity contribution < 1.29 is 0 Å². The summed E-state index contributed by atoms with van der Waals surface area (Å²) in [5, 5.41) is 0. The van der Waals surface area contributed by atoms with Gasteiger partial charge in [-0.25, -0.2) is 0 Å². The molecule has 0 spiro atoms. The van der Waals surface area contributed by atoms with E-state index in [1.807, 2.05) is 6.07 Å². The first-order valence-corrected chi connectivity index (χ1v) is 5.63. The van der Waals surface area contributed by atoms with Gasteiger partial charge in [-0.05, 0) is 23.6 Å².